The van der Waals surface area contributed by atoms with Gasteiger partial charge in [0.1, 0.15) is 0 Å². The Morgan fingerprint density at radius 3 is 2.80 bits per heavy atom. The van der Waals surface area contributed by atoms with Crippen molar-refractivity contribution >= 4 is 49.4 Å². The third-order valence-electron chi connectivity index (χ3n) is 2.36. The molecule has 1 heterocycles. The van der Waals surface area contributed by atoms with Crippen molar-refractivity contribution in [2.24, 2.45) is 5.92 Å². The fourth-order valence-corrected chi connectivity index (χ4v) is 2.90. The van der Waals surface area contributed by atoms with Crippen LogP contribution in [0.4, 0.5) is 0 Å². The summed E-state index contributed by atoms with van der Waals surface area (Å²) in [5.41, 5.74) is 1.33. The highest BCUT2D eigenvalue weighted by Crippen LogP contribution is 2.26. The molecular weight excluding hydrogens is 365 g/mol. The average molecular weight is 378 g/mol. The van der Waals surface area contributed by atoms with E-state index in [0.29, 0.717) is 5.92 Å². The predicted octanol–water partition coefficient (Wildman–Crippen LogP) is 4.66. The van der Waals surface area contributed by atoms with E-state index in [1.165, 1.54) is 14.5 Å². The van der Waals surface area contributed by atoms with Crippen LogP contribution in [0.5, 0.6) is 0 Å². The molecule has 1 nitrogen and oxygen atoms in total. The summed E-state index contributed by atoms with van der Waals surface area (Å²) < 4.78 is 4.81. The quantitative estimate of drug-likeness (QED) is 0.670. The summed E-state index contributed by atoms with van der Waals surface area (Å²) in [5, 5.41) is 1.34. The molecule has 0 radical (unpaired) electrons. The maximum Gasteiger partial charge on any atom is 0.0492 e. The molecule has 0 bridgehead atoms. The summed E-state index contributed by atoms with van der Waals surface area (Å²) in [5.74, 6) is 0.681. The molecule has 0 fully saturated rings. The first-order valence-electron chi connectivity index (χ1n) is 5.02. The Labute approximate surface area is 112 Å². The molecule has 0 unspecified atom stereocenters. The minimum atomic E-state index is 0.681. The Morgan fingerprint density at radius 1 is 1.40 bits per heavy atom. The molecule has 0 amide bonds. The molecule has 0 saturated carbocycles. The summed E-state index contributed by atoms with van der Waals surface area (Å²) in [6, 6.07) is 6.48. The van der Waals surface area contributed by atoms with Crippen LogP contribution in [0.1, 0.15) is 13.8 Å². The van der Waals surface area contributed by atoms with Crippen molar-refractivity contribution in [2.75, 3.05) is 0 Å². The van der Waals surface area contributed by atoms with Gasteiger partial charge in [-0.2, -0.15) is 0 Å². The van der Waals surface area contributed by atoms with Gasteiger partial charge in [-0.25, -0.2) is 0 Å². The van der Waals surface area contributed by atoms with E-state index in [1.54, 1.807) is 0 Å². The summed E-state index contributed by atoms with van der Waals surface area (Å²) in [4.78, 5) is 0. The molecular formula is C12H13BrIN. The summed E-state index contributed by atoms with van der Waals surface area (Å²) >= 11 is 5.91. The normalized spacial score (nSPS) is 11.5. The highest BCUT2D eigenvalue weighted by molar-refractivity contribution is 14.1. The Bertz CT molecular complexity index is 488. The van der Waals surface area contributed by atoms with Crippen molar-refractivity contribution < 1.29 is 0 Å². The smallest absolute Gasteiger partial charge is 0.0492 e. The molecule has 0 aliphatic rings. The molecule has 0 N–H and O–H groups in total. The van der Waals surface area contributed by atoms with E-state index in [9.17, 15) is 0 Å². The highest BCUT2D eigenvalue weighted by atomic mass is 127. The van der Waals surface area contributed by atoms with Gasteiger partial charge in [0.25, 0.3) is 0 Å². The number of aromatic nitrogens is 1. The van der Waals surface area contributed by atoms with Gasteiger partial charge in [0.15, 0.2) is 0 Å². The largest absolute Gasteiger partial charge is 0.346 e. The lowest BCUT2D eigenvalue weighted by Gasteiger charge is -2.07. The second-order valence-electron chi connectivity index (χ2n) is 4.18. The van der Waals surface area contributed by atoms with Gasteiger partial charge in [-0.15, -0.1) is 0 Å². The minimum absolute atomic E-state index is 0.681. The van der Waals surface area contributed by atoms with Crippen molar-refractivity contribution in [1.29, 1.82) is 0 Å². The van der Waals surface area contributed by atoms with Crippen molar-refractivity contribution in [3.63, 3.8) is 0 Å². The van der Waals surface area contributed by atoms with Crippen molar-refractivity contribution in [3.8, 4) is 0 Å². The Balaban J connectivity index is 2.57. The SMILES string of the molecule is CC(C)Cn1cc(I)c2cc(Br)ccc21. The summed E-state index contributed by atoms with van der Waals surface area (Å²) in [6.45, 7) is 5.58. The van der Waals surface area contributed by atoms with Crippen LogP contribution < -0.4 is 0 Å². The van der Waals surface area contributed by atoms with Gasteiger partial charge >= 0.3 is 0 Å². The van der Waals surface area contributed by atoms with Crippen LogP contribution in [0.2, 0.25) is 0 Å². The van der Waals surface area contributed by atoms with Gasteiger partial charge in [0, 0.05) is 31.7 Å². The fraction of sp³-hybridized carbons (Fsp3) is 0.333. The Hall–Kier alpha value is -0.0300. The topological polar surface area (TPSA) is 4.93 Å². The first-order chi connectivity index (χ1) is 7.08. The zero-order valence-corrected chi connectivity index (χ0v) is 12.5. The van der Waals surface area contributed by atoms with Crippen LogP contribution >= 0.6 is 38.5 Å². The number of nitrogens with zero attached hydrogens (tertiary/aromatic N) is 1. The number of halogens is 2. The third-order valence-corrected chi connectivity index (χ3v) is 3.71. The first kappa shape index (κ1) is 11.5. The average Bonchev–Trinajstić information content (AvgIpc) is 2.42. The second-order valence-corrected chi connectivity index (χ2v) is 6.26. The lowest BCUT2D eigenvalue weighted by atomic mass is 10.2. The van der Waals surface area contributed by atoms with Crippen LogP contribution in [0.25, 0.3) is 10.9 Å². The fourth-order valence-electron chi connectivity index (χ4n) is 1.77. The zero-order chi connectivity index (χ0) is 11.0. The molecule has 15 heavy (non-hydrogen) atoms. The zero-order valence-electron chi connectivity index (χ0n) is 8.80. The van der Waals surface area contributed by atoms with Crippen molar-refractivity contribution in [2.45, 2.75) is 20.4 Å². The maximum absolute atomic E-state index is 3.51. The van der Waals surface area contributed by atoms with Gasteiger partial charge in [-0.05, 0) is 46.7 Å². The van der Waals surface area contributed by atoms with E-state index in [2.05, 4.69) is 81.3 Å². The van der Waals surface area contributed by atoms with Crippen LogP contribution in [0.15, 0.2) is 28.9 Å². The lowest BCUT2D eigenvalue weighted by Crippen LogP contribution is -2.02. The number of benzene rings is 1. The van der Waals surface area contributed by atoms with Gasteiger partial charge in [0.05, 0.1) is 0 Å². The number of fused-ring (bicyclic) bond motifs is 1. The number of rotatable bonds is 2. The van der Waals surface area contributed by atoms with Gasteiger partial charge < -0.3 is 4.57 Å². The molecule has 3 heteroatoms. The first-order valence-corrected chi connectivity index (χ1v) is 6.89. The number of hydrogen-bond donors (Lipinski definition) is 0. The number of hydrogen-bond acceptors (Lipinski definition) is 0. The van der Waals surface area contributed by atoms with Gasteiger partial charge in [0.2, 0.25) is 0 Å². The molecule has 0 aliphatic heterocycles. The Morgan fingerprint density at radius 2 is 2.13 bits per heavy atom. The molecule has 2 aromatic rings. The van der Waals surface area contributed by atoms with Crippen LogP contribution in [0.3, 0.4) is 0 Å². The molecule has 1 aromatic heterocycles. The highest BCUT2D eigenvalue weighted by Gasteiger charge is 2.07. The van der Waals surface area contributed by atoms with E-state index in [4.69, 9.17) is 0 Å². The molecule has 0 spiro atoms. The molecule has 2 rings (SSSR count). The molecule has 0 aliphatic carbocycles. The van der Waals surface area contributed by atoms with E-state index in [1.807, 2.05) is 0 Å². The van der Waals surface area contributed by atoms with E-state index in [-0.39, 0.29) is 0 Å². The molecule has 0 saturated heterocycles. The van der Waals surface area contributed by atoms with E-state index >= 15 is 0 Å². The van der Waals surface area contributed by atoms with Crippen molar-refractivity contribution in [3.05, 3.63) is 32.4 Å². The Kier molecular flexibility index (Phi) is 3.40. The molecule has 80 valence electrons. The molecule has 0 atom stereocenters. The van der Waals surface area contributed by atoms with E-state index in [0.717, 1.165) is 11.0 Å². The second kappa shape index (κ2) is 4.45. The lowest BCUT2D eigenvalue weighted by molar-refractivity contribution is 0.535. The van der Waals surface area contributed by atoms with Gasteiger partial charge in [-0.1, -0.05) is 29.8 Å². The molecule has 1 aromatic carbocycles. The van der Waals surface area contributed by atoms with Crippen LogP contribution in [-0.2, 0) is 6.54 Å². The summed E-state index contributed by atoms with van der Waals surface area (Å²) in [6.07, 6.45) is 2.23. The van der Waals surface area contributed by atoms with Crippen LogP contribution in [-0.4, -0.2) is 4.57 Å². The standard InChI is InChI=1S/C12H13BrIN/c1-8(2)6-15-7-11(14)10-5-9(13)3-4-12(10)15/h3-5,7-8H,6H2,1-2H3. The van der Waals surface area contributed by atoms with Gasteiger partial charge in [-0.3, -0.25) is 0 Å². The maximum atomic E-state index is 3.51. The van der Waals surface area contributed by atoms with Crippen molar-refractivity contribution in [1.82, 2.24) is 4.57 Å². The van der Waals surface area contributed by atoms with Crippen LogP contribution in [0, 0.1) is 9.49 Å². The summed E-state index contributed by atoms with van der Waals surface area (Å²) in [7, 11) is 0. The predicted molar refractivity (Wildman–Crippen MR) is 77.2 cm³/mol. The van der Waals surface area contributed by atoms with E-state index < -0.39 is 0 Å². The monoisotopic (exact) mass is 377 g/mol. The minimum Gasteiger partial charge on any atom is -0.346 e. The third kappa shape index (κ3) is 2.38.